The Bertz CT molecular complexity index is 764. The van der Waals surface area contributed by atoms with Gasteiger partial charge in [0.05, 0.1) is 10.6 Å². The molecule has 0 saturated carbocycles. The maximum atomic E-state index is 12.0. The van der Waals surface area contributed by atoms with Gasteiger partial charge >= 0.3 is 0 Å². The lowest BCUT2D eigenvalue weighted by atomic mass is 10.2. The first-order valence-corrected chi connectivity index (χ1v) is 7.91. The molecule has 22 heavy (non-hydrogen) atoms. The van der Waals surface area contributed by atoms with Crippen LogP contribution in [0, 0.1) is 6.92 Å². The van der Waals surface area contributed by atoms with Crippen molar-refractivity contribution >= 4 is 46.2 Å². The van der Waals surface area contributed by atoms with Crippen LogP contribution in [0.3, 0.4) is 0 Å². The number of aryl methyl sites for hydroxylation is 1. The first kappa shape index (κ1) is 14.9. The van der Waals surface area contributed by atoms with Crippen LogP contribution in [0.15, 0.2) is 58.4 Å². The highest BCUT2D eigenvalue weighted by molar-refractivity contribution is 8.18. The molecule has 3 rings (SSSR count). The number of carbonyl (C=O) groups is 1. The SMILES string of the molecule is Cc1ccc(N=C2NC(=O)/C(=C/c3ccc(Cl)cc3)S2)cc1. The van der Waals surface area contributed by atoms with Gasteiger partial charge in [-0.3, -0.25) is 4.79 Å². The second-order valence-electron chi connectivity index (χ2n) is 4.87. The predicted octanol–water partition coefficient (Wildman–Crippen LogP) is 4.54. The maximum absolute atomic E-state index is 12.0. The van der Waals surface area contributed by atoms with Crippen LogP contribution in [0.1, 0.15) is 11.1 Å². The van der Waals surface area contributed by atoms with Crippen molar-refractivity contribution in [1.82, 2.24) is 5.32 Å². The summed E-state index contributed by atoms with van der Waals surface area (Å²) in [5.41, 5.74) is 2.93. The monoisotopic (exact) mass is 328 g/mol. The standard InChI is InChI=1S/C17H13ClN2OS/c1-11-2-8-14(9-3-11)19-17-20-16(21)15(22-17)10-12-4-6-13(18)7-5-12/h2-10H,1H3,(H,19,20,21)/b15-10-. The van der Waals surface area contributed by atoms with E-state index in [1.807, 2.05) is 49.4 Å². The lowest BCUT2D eigenvalue weighted by molar-refractivity contribution is -0.115. The van der Waals surface area contributed by atoms with Crippen molar-refractivity contribution < 1.29 is 4.79 Å². The molecule has 1 saturated heterocycles. The second kappa shape index (κ2) is 6.38. The van der Waals surface area contributed by atoms with Gasteiger partial charge < -0.3 is 5.32 Å². The van der Waals surface area contributed by atoms with Crippen LogP contribution in [-0.2, 0) is 4.79 Å². The normalized spacial score (nSPS) is 18.0. The van der Waals surface area contributed by atoms with Gasteiger partial charge in [0, 0.05) is 5.02 Å². The van der Waals surface area contributed by atoms with Gasteiger partial charge in [-0.25, -0.2) is 4.99 Å². The van der Waals surface area contributed by atoms with E-state index in [2.05, 4.69) is 10.3 Å². The molecule has 1 N–H and O–H groups in total. The molecule has 110 valence electrons. The molecule has 0 aromatic heterocycles. The minimum absolute atomic E-state index is 0.134. The molecule has 2 aromatic rings. The van der Waals surface area contributed by atoms with Gasteiger partial charge in [0.2, 0.25) is 0 Å². The zero-order valence-corrected chi connectivity index (χ0v) is 13.4. The Morgan fingerprint density at radius 3 is 2.45 bits per heavy atom. The molecule has 1 heterocycles. The van der Waals surface area contributed by atoms with E-state index in [4.69, 9.17) is 11.6 Å². The number of hydrogen-bond acceptors (Lipinski definition) is 3. The van der Waals surface area contributed by atoms with Crippen LogP contribution in [0.4, 0.5) is 5.69 Å². The highest BCUT2D eigenvalue weighted by atomic mass is 35.5. The third kappa shape index (κ3) is 3.59. The molecule has 0 atom stereocenters. The highest BCUT2D eigenvalue weighted by Crippen LogP contribution is 2.28. The molecular weight excluding hydrogens is 316 g/mol. The molecule has 0 spiro atoms. The Kier molecular flexibility index (Phi) is 4.32. The molecule has 0 aliphatic carbocycles. The molecule has 3 nitrogen and oxygen atoms in total. The summed E-state index contributed by atoms with van der Waals surface area (Å²) in [6.07, 6.45) is 1.83. The van der Waals surface area contributed by atoms with Gasteiger partial charge in [-0.2, -0.15) is 0 Å². The van der Waals surface area contributed by atoms with Crippen LogP contribution < -0.4 is 5.32 Å². The molecular formula is C17H13ClN2OS. The van der Waals surface area contributed by atoms with Crippen molar-refractivity contribution in [2.75, 3.05) is 0 Å². The summed E-state index contributed by atoms with van der Waals surface area (Å²) >= 11 is 7.19. The lowest BCUT2D eigenvalue weighted by Crippen LogP contribution is -2.19. The second-order valence-corrected chi connectivity index (χ2v) is 6.34. The van der Waals surface area contributed by atoms with E-state index in [0.717, 1.165) is 11.3 Å². The van der Waals surface area contributed by atoms with Crippen LogP contribution in [0.2, 0.25) is 5.02 Å². The number of amidine groups is 1. The van der Waals surface area contributed by atoms with Crippen molar-refractivity contribution in [3.8, 4) is 0 Å². The fraction of sp³-hybridized carbons (Fsp3) is 0.0588. The summed E-state index contributed by atoms with van der Waals surface area (Å²) in [7, 11) is 0. The number of benzene rings is 2. The van der Waals surface area contributed by atoms with E-state index < -0.39 is 0 Å². The Labute approximate surface area is 138 Å². The predicted molar refractivity (Wildman–Crippen MR) is 93.4 cm³/mol. The zero-order chi connectivity index (χ0) is 15.5. The Balaban J connectivity index is 1.80. The number of nitrogens with one attached hydrogen (secondary N) is 1. The van der Waals surface area contributed by atoms with Crippen LogP contribution in [0.5, 0.6) is 0 Å². The molecule has 0 bridgehead atoms. The number of nitrogens with zero attached hydrogens (tertiary/aromatic N) is 1. The summed E-state index contributed by atoms with van der Waals surface area (Å²) in [6, 6.07) is 15.2. The minimum Gasteiger partial charge on any atom is -0.300 e. The van der Waals surface area contributed by atoms with Gasteiger partial charge in [-0.05, 0) is 54.6 Å². The molecule has 0 radical (unpaired) electrons. The molecule has 5 heteroatoms. The minimum atomic E-state index is -0.134. The maximum Gasteiger partial charge on any atom is 0.264 e. The number of halogens is 1. The topological polar surface area (TPSA) is 41.5 Å². The molecule has 1 aliphatic heterocycles. The first-order valence-electron chi connectivity index (χ1n) is 6.72. The molecule has 0 unspecified atom stereocenters. The van der Waals surface area contributed by atoms with Gasteiger partial charge in [0.15, 0.2) is 5.17 Å². The van der Waals surface area contributed by atoms with Crippen LogP contribution in [-0.4, -0.2) is 11.1 Å². The average Bonchev–Trinajstić information content (AvgIpc) is 2.84. The molecule has 1 fully saturated rings. The Morgan fingerprint density at radius 1 is 1.09 bits per heavy atom. The Morgan fingerprint density at radius 2 is 1.77 bits per heavy atom. The number of hydrogen-bond donors (Lipinski definition) is 1. The van der Waals surface area contributed by atoms with E-state index in [0.29, 0.717) is 15.1 Å². The van der Waals surface area contributed by atoms with Crippen molar-refractivity contribution in [3.63, 3.8) is 0 Å². The van der Waals surface area contributed by atoms with E-state index in [9.17, 15) is 4.79 Å². The molecule has 2 aromatic carbocycles. The van der Waals surface area contributed by atoms with Crippen molar-refractivity contribution in [2.24, 2.45) is 4.99 Å². The summed E-state index contributed by atoms with van der Waals surface area (Å²) < 4.78 is 0. The van der Waals surface area contributed by atoms with Crippen molar-refractivity contribution in [1.29, 1.82) is 0 Å². The number of rotatable bonds is 2. The number of aliphatic imine (C=N–C) groups is 1. The number of thioether (sulfide) groups is 1. The fourth-order valence-electron chi connectivity index (χ4n) is 1.93. The van der Waals surface area contributed by atoms with Gasteiger partial charge in [0.1, 0.15) is 0 Å². The number of amides is 1. The highest BCUT2D eigenvalue weighted by Gasteiger charge is 2.23. The van der Waals surface area contributed by atoms with Gasteiger partial charge in [-0.1, -0.05) is 41.4 Å². The van der Waals surface area contributed by atoms with Crippen LogP contribution >= 0.6 is 23.4 Å². The third-order valence-corrected chi connectivity index (χ3v) is 4.25. The fourth-order valence-corrected chi connectivity index (χ4v) is 2.90. The van der Waals surface area contributed by atoms with Crippen LogP contribution in [0.25, 0.3) is 6.08 Å². The quantitative estimate of drug-likeness (QED) is 0.822. The molecule has 1 amide bonds. The van der Waals surface area contributed by atoms with Crippen molar-refractivity contribution in [3.05, 3.63) is 69.6 Å². The van der Waals surface area contributed by atoms with Crippen molar-refractivity contribution in [2.45, 2.75) is 6.92 Å². The third-order valence-electron chi connectivity index (χ3n) is 3.08. The van der Waals surface area contributed by atoms with Gasteiger partial charge in [-0.15, -0.1) is 0 Å². The Hall–Kier alpha value is -2.04. The van der Waals surface area contributed by atoms with E-state index >= 15 is 0 Å². The van der Waals surface area contributed by atoms with Gasteiger partial charge in [0.25, 0.3) is 5.91 Å². The summed E-state index contributed by atoms with van der Waals surface area (Å²) in [4.78, 5) is 17.1. The summed E-state index contributed by atoms with van der Waals surface area (Å²) in [5, 5.41) is 4.04. The van der Waals surface area contributed by atoms with E-state index in [-0.39, 0.29) is 5.91 Å². The largest absolute Gasteiger partial charge is 0.300 e. The smallest absolute Gasteiger partial charge is 0.264 e. The lowest BCUT2D eigenvalue weighted by Gasteiger charge is -1.97. The first-order chi connectivity index (χ1) is 10.6. The summed E-state index contributed by atoms with van der Waals surface area (Å²) in [6.45, 7) is 2.02. The average molecular weight is 329 g/mol. The zero-order valence-electron chi connectivity index (χ0n) is 11.8. The van der Waals surface area contributed by atoms with E-state index in [1.54, 1.807) is 12.1 Å². The molecule has 1 aliphatic rings. The number of carbonyl (C=O) groups excluding carboxylic acids is 1. The summed E-state index contributed by atoms with van der Waals surface area (Å²) in [5.74, 6) is -0.134. The van der Waals surface area contributed by atoms with E-state index in [1.165, 1.54) is 17.3 Å².